The molecular weight excluding hydrogens is 384 g/mol. The van der Waals surface area contributed by atoms with E-state index in [0.717, 1.165) is 36.0 Å². The number of fused-ring (bicyclic) bond motifs is 1. The van der Waals surface area contributed by atoms with E-state index in [1.54, 1.807) is 12.5 Å². The third-order valence-electron chi connectivity index (χ3n) is 4.88. The van der Waals surface area contributed by atoms with Gasteiger partial charge in [0.2, 0.25) is 11.0 Å². The molecule has 148 valence electrons. The van der Waals surface area contributed by atoms with Crippen LogP contribution in [0.4, 0.5) is 11.4 Å². The highest BCUT2D eigenvalue weighted by atomic mass is 32.2. The second-order valence-electron chi connectivity index (χ2n) is 7.07. The van der Waals surface area contributed by atoms with Crippen LogP contribution in [0.1, 0.15) is 17.5 Å². The van der Waals surface area contributed by atoms with Crippen LogP contribution in [0.15, 0.2) is 61.2 Å². The molecule has 2 heterocycles. The summed E-state index contributed by atoms with van der Waals surface area (Å²) in [6, 6.07) is 13.4. The lowest BCUT2D eigenvalue weighted by Crippen LogP contribution is -2.32. The maximum Gasteiger partial charge on any atom is 0.234 e. The molecule has 1 amide bonds. The van der Waals surface area contributed by atoms with Crippen LogP contribution in [-0.4, -0.2) is 32.4 Å². The number of amides is 1. The number of carbonyl (C=O) groups is 2. The minimum atomic E-state index is -0.252. The number of aryl methyl sites for hydroxylation is 2. The molecular formula is C22H22N4O2S. The van der Waals surface area contributed by atoms with Crippen LogP contribution in [0.5, 0.6) is 0 Å². The number of imidazole rings is 1. The number of rotatable bonds is 5. The van der Waals surface area contributed by atoms with Crippen molar-refractivity contribution in [3.8, 4) is 5.69 Å². The van der Waals surface area contributed by atoms with Gasteiger partial charge >= 0.3 is 0 Å². The molecule has 0 spiro atoms. The zero-order valence-corrected chi connectivity index (χ0v) is 16.9. The molecule has 4 rings (SSSR count). The van der Waals surface area contributed by atoms with Gasteiger partial charge < -0.3 is 15.2 Å². The Morgan fingerprint density at radius 2 is 2.07 bits per heavy atom. The predicted molar refractivity (Wildman–Crippen MR) is 117 cm³/mol. The van der Waals surface area contributed by atoms with Crippen LogP contribution in [0.25, 0.3) is 5.69 Å². The molecule has 0 fully saturated rings. The van der Waals surface area contributed by atoms with Crippen molar-refractivity contribution in [3.05, 3.63) is 72.3 Å². The summed E-state index contributed by atoms with van der Waals surface area (Å²) in [6.45, 7) is 2.07. The van der Waals surface area contributed by atoms with E-state index in [2.05, 4.69) is 28.6 Å². The van der Waals surface area contributed by atoms with Gasteiger partial charge in [-0.25, -0.2) is 4.98 Å². The van der Waals surface area contributed by atoms with E-state index in [1.807, 2.05) is 47.2 Å². The zero-order valence-electron chi connectivity index (χ0n) is 16.1. The molecule has 0 radical (unpaired) electrons. The number of thioether (sulfide) groups is 1. The summed E-state index contributed by atoms with van der Waals surface area (Å²) in [7, 11) is 0. The number of benzene rings is 2. The Hall–Kier alpha value is -3.06. The number of hydrogen-bond acceptors (Lipinski definition) is 5. The Kier molecular flexibility index (Phi) is 5.67. The maximum absolute atomic E-state index is 12.5. The number of nitrogens with one attached hydrogen (secondary N) is 2. The third kappa shape index (κ3) is 4.68. The lowest BCUT2D eigenvalue weighted by molar-refractivity contribution is -0.115. The Bertz CT molecular complexity index is 1020. The predicted octanol–water partition coefficient (Wildman–Crippen LogP) is 3.81. The molecule has 1 atom stereocenters. The van der Waals surface area contributed by atoms with Crippen molar-refractivity contribution in [2.24, 2.45) is 0 Å². The lowest BCUT2D eigenvalue weighted by Gasteiger charge is -2.26. The first-order valence-electron chi connectivity index (χ1n) is 9.49. The van der Waals surface area contributed by atoms with Crippen LogP contribution in [0, 0.1) is 6.92 Å². The maximum atomic E-state index is 12.5. The molecule has 0 bridgehead atoms. The SMILES string of the molecule is Cc1ccc2c(c1)CCC(C(=O)SCC(=O)Nc1ccc(-n3ccnc3)cc1)N2. The first-order valence-corrected chi connectivity index (χ1v) is 10.5. The van der Waals surface area contributed by atoms with Gasteiger partial charge in [-0.1, -0.05) is 29.5 Å². The van der Waals surface area contributed by atoms with Crippen LogP contribution in [-0.2, 0) is 16.0 Å². The standard InChI is InChI=1S/C22H22N4O2S/c1-15-2-8-19-16(12-15)3-9-20(25-19)22(28)29-13-21(27)24-17-4-6-18(7-5-17)26-11-10-23-14-26/h2,4-8,10-12,14,20,25H,3,9,13H2,1H3,(H,24,27). The first kappa shape index (κ1) is 19.3. The van der Waals surface area contributed by atoms with Crippen molar-refractivity contribution < 1.29 is 9.59 Å². The molecule has 1 aliphatic rings. The van der Waals surface area contributed by atoms with E-state index in [0.29, 0.717) is 5.69 Å². The number of anilines is 2. The summed E-state index contributed by atoms with van der Waals surface area (Å²) in [5.41, 5.74) is 5.15. The number of hydrogen-bond donors (Lipinski definition) is 2. The molecule has 0 saturated heterocycles. The molecule has 1 unspecified atom stereocenters. The molecule has 2 aromatic carbocycles. The van der Waals surface area contributed by atoms with Crippen molar-refractivity contribution in [2.45, 2.75) is 25.8 Å². The zero-order chi connectivity index (χ0) is 20.2. The van der Waals surface area contributed by atoms with Crippen molar-refractivity contribution in [2.75, 3.05) is 16.4 Å². The molecule has 29 heavy (non-hydrogen) atoms. The number of carbonyl (C=O) groups excluding carboxylic acids is 2. The largest absolute Gasteiger partial charge is 0.374 e. The minimum Gasteiger partial charge on any atom is -0.374 e. The monoisotopic (exact) mass is 406 g/mol. The van der Waals surface area contributed by atoms with Gasteiger partial charge in [0.15, 0.2) is 0 Å². The second-order valence-corrected chi connectivity index (χ2v) is 8.05. The summed E-state index contributed by atoms with van der Waals surface area (Å²) in [4.78, 5) is 28.8. The van der Waals surface area contributed by atoms with Crippen LogP contribution in [0.2, 0.25) is 0 Å². The quantitative estimate of drug-likeness (QED) is 0.674. The normalized spacial score (nSPS) is 15.3. The average Bonchev–Trinajstić information content (AvgIpc) is 3.27. The molecule has 2 N–H and O–H groups in total. The van der Waals surface area contributed by atoms with Crippen LogP contribution in [0.3, 0.4) is 0 Å². The fraction of sp³-hybridized carbons (Fsp3) is 0.227. The van der Waals surface area contributed by atoms with E-state index in [4.69, 9.17) is 0 Å². The first-order chi connectivity index (χ1) is 14.1. The summed E-state index contributed by atoms with van der Waals surface area (Å²) in [6.07, 6.45) is 6.91. The van der Waals surface area contributed by atoms with E-state index in [9.17, 15) is 9.59 Å². The molecule has 0 saturated carbocycles. The second kappa shape index (κ2) is 8.53. The third-order valence-corrected chi connectivity index (χ3v) is 5.85. The van der Waals surface area contributed by atoms with E-state index < -0.39 is 0 Å². The summed E-state index contributed by atoms with van der Waals surface area (Å²) < 4.78 is 1.89. The Morgan fingerprint density at radius 3 is 2.83 bits per heavy atom. The van der Waals surface area contributed by atoms with Gasteiger partial charge in [0.1, 0.15) is 0 Å². The number of nitrogens with zero attached hydrogens (tertiary/aromatic N) is 2. The van der Waals surface area contributed by atoms with Crippen molar-refractivity contribution in [1.29, 1.82) is 0 Å². The molecule has 1 aromatic heterocycles. The van der Waals surface area contributed by atoms with Gasteiger partial charge in [0.05, 0.1) is 18.1 Å². The van der Waals surface area contributed by atoms with Gasteiger partial charge in [-0.2, -0.15) is 0 Å². The molecule has 7 heteroatoms. The fourth-order valence-electron chi connectivity index (χ4n) is 3.37. The van der Waals surface area contributed by atoms with Gasteiger partial charge in [0.25, 0.3) is 0 Å². The summed E-state index contributed by atoms with van der Waals surface area (Å²) in [5.74, 6) is -0.0910. The van der Waals surface area contributed by atoms with Crippen LogP contribution < -0.4 is 10.6 Å². The Labute approximate surface area is 173 Å². The van der Waals surface area contributed by atoms with Gasteiger partial charge in [-0.3, -0.25) is 9.59 Å². The number of aromatic nitrogens is 2. The van der Waals surface area contributed by atoms with Crippen LogP contribution >= 0.6 is 11.8 Å². The highest BCUT2D eigenvalue weighted by Crippen LogP contribution is 2.27. The fourth-order valence-corrected chi connectivity index (χ4v) is 4.09. The molecule has 1 aliphatic heterocycles. The van der Waals surface area contributed by atoms with Crippen molar-refractivity contribution in [3.63, 3.8) is 0 Å². The highest BCUT2D eigenvalue weighted by molar-refractivity contribution is 8.14. The molecule has 0 aliphatic carbocycles. The molecule has 3 aromatic rings. The summed E-state index contributed by atoms with van der Waals surface area (Å²) >= 11 is 1.06. The smallest absolute Gasteiger partial charge is 0.234 e. The highest BCUT2D eigenvalue weighted by Gasteiger charge is 2.24. The van der Waals surface area contributed by atoms with E-state index >= 15 is 0 Å². The lowest BCUT2D eigenvalue weighted by atomic mass is 9.97. The Morgan fingerprint density at radius 1 is 1.24 bits per heavy atom. The molecule has 6 nitrogen and oxygen atoms in total. The van der Waals surface area contributed by atoms with Gasteiger partial charge in [-0.15, -0.1) is 0 Å². The topological polar surface area (TPSA) is 76.0 Å². The van der Waals surface area contributed by atoms with E-state index in [1.165, 1.54) is 11.1 Å². The van der Waals surface area contributed by atoms with Crippen molar-refractivity contribution >= 4 is 34.2 Å². The Balaban J connectivity index is 1.27. The minimum absolute atomic E-state index is 0.00170. The average molecular weight is 407 g/mol. The van der Waals surface area contributed by atoms with Crippen molar-refractivity contribution in [1.82, 2.24) is 9.55 Å². The van der Waals surface area contributed by atoms with Gasteiger partial charge in [0, 0.05) is 29.5 Å². The summed E-state index contributed by atoms with van der Waals surface area (Å²) in [5, 5.41) is 6.15. The van der Waals surface area contributed by atoms with Gasteiger partial charge in [-0.05, 0) is 55.7 Å². The van der Waals surface area contributed by atoms with E-state index in [-0.39, 0.29) is 22.8 Å².